The molecule has 0 bridgehead atoms. The average molecular weight is 374 g/mol. The van der Waals surface area contributed by atoms with E-state index in [1.165, 1.54) is 18.2 Å². The molecule has 27 heavy (non-hydrogen) atoms. The number of carbonyl (C=O) groups is 3. The standard InChI is InChI=1S/C18H22N4O5/c1-11-6-7-13(22(26)27)9-14(11)19-15(23)10-21-16(24)18(20-17(21)25)8-4-3-5-12(18)2/h6-7,9,12H,3-5,8,10H2,1-2H3,(H,19,23)(H,20,25)/t12-,18+/m1/s1. The van der Waals surface area contributed by atoms with E-state index in [1.54, 1.807) is 6.92 Å². The molecule has 2 fully saturated rings. The third kappa shape index (κ3) is 3.36. The number of carbonyl (C=O) groups excluding carboxylic acids is 3. The Hall–Kier alpha value is -2.97. The van der Waals surface area contributed by atoms with E-state index in [4.69, 9.17) is 0 Å². The molecule has 1 saturated carbocycles. The molecule has 2 aliphatic rings. The normalized spacial score (nSPS) is 24.8. The van der Waals surface area contributed by atoms with Gasteiger partial charge in [-0.1, -0.05) is 25.8 Å². The van der Waals surface area contributed by atoms with Crippen molar-refractivity contribution in [3.05, 3.63) is 33.9 Å². The molecule has 9 heteroatoms. The minimum Gasteiger partial charge on any atom is -0.324 e. The number of benzene rings is 1. The molecule has 3 rings (SSSR count). The van der Waals surface area contributed by atoms with Crippen LogP contribution in [0.25, 0.3) is 0 Å². The van der Waals surface area contributed by atoms with Gasteiger partial charge in [0.25, 0.3) is 11.6 Å². The molecule has 2 N–H and O–H groups in total. The molecule has 1 spiro atoms. The molecule has 0 aromatic heterocycles. The summed E-state index contributed by atoms with van der Waals surface area (Å²) in [5.74, 6) is -0.942. The topological polar surface area (TPSA) is 122 Å². The predicted octanol–water partition coefficient (Wildman–Crippen LogP) is 2.34. The Bertz CT molecular complexity index is 824. The van der Waals surface area contributed by atoms with Gasteiger partial charge in [0.2, 0.25) is 5.91 Å². The molecule has 2 atom stereocenters. The average Bonchev–Trinajstić information content (AvgIpc) is 2.84. The fourth-order valence-corrected chi connectivity index (χ4v) is 3.83. The molecule has 1 aliphatic heterocycles. The van der Waals surface area contributed by atoms with Crippen LogP contribution in [0.5, 0.6) is 0 Å². The smallest absolute Gasteiger partial charge is 0.324 e. The number of imide groups is 1. The van der Waals surface area contributed by atoms with Crippen molar-refractivity contribution in [3.63, 3.8) is 0 Å². The lowest BCUT2D eigenvalue weighted by molar-refractivity contribution is -0.384. The molecular weight excluding hydrogens is 352 g/mol. The molecule has 0 radical (unpaired) electrons. The van der Waals surface area contributed by atoms with E-state index < -0.39 is 28.9 Å². The summed E-state index contributed by atoms with van der Waals surface area (Å²) in [6.45, 7) is 3.21. The third-order valence-electron chi connectivity index (χ3n) is 5.51. The maximum Gasteiger partial charge on any atom is 0.325 e. The Morgan fingerprint density at radius 1 is 1.41 bits per heavy atom. The van der Waals surface area contributed by atoms with Gasteiger partial charge >= 0.3 is 6.03 Å². The van der Waals surface area contributed by atoms with Gasteiger partial charge in [-0.25, -0.2) is 4.79 Å². The molecule has 1 aromatic rings. The Morgan fingerprint density at radius 2 is 2.15 bits per heavy atom. The molecule has 1 heterocycles. The van der Waals surface area contributed by atoms with E-state index in [-0.39, 0.29) is 23.2 Å². The summed E-state index contributed by atoms with van der Waals surface area (Å²) in [6, 6.07) is 3.56. The molecule has 1 aliphatic carbocycles. The second kappa shape index (κ2) is 6.98. The number of nitrogens with one attached hydrogen (secondary N) is 2. The highest BCUT2D eigenvalue weighted by Crippen LogP contribution is 2.38. The van der Waals surface area contributed by atoms with Crippen LogP contribution in [0, 0.1) is 23.0 Å². The van der Waals surface area contributed by atoms with E-state index in [2.05, 4.69) is 10.6 Å². The molecule has 4 amide bonds. The second-order valence-corrected chi connectivity index (χ2v) is 7.24. The van der Waals surface area contributed by atoms with Gasteiger partial charge in [-0.15, -0.1) is 0 Å². The summed E-state index contributed by atoms with van der Waals surface area (Å²) in [6.07, 6.45) is 3.28. The fourth-order valence-electron chi connectivity index (χ4n) is 3.83. The van der Waals surface area contributed by atoms with Crippen molar-refractivity contribution in [1.29, 1.82) is 0 Å². The van der Waals surface area contributed by atoms with Crippen LogP contribution in [0.3, 0.4) is 0 Å². The zero-order chi connectivity index (χ0) is 19.8. The van der Waals surface area contributed by atoms with Gasteiger partial charge in [0.15, 0.2) is 0 Å². The SMILES string of the molecule is Cc1ccc([N+](=O)[O-])cc1NC(=O)CN1C(=O)N[C@]2(CCCC[C@H]2C)C1=O. The van der Waals surface area contributed by atoms with Crippen molar-refractivity contribution < 1.29 is 19.3 Å². The zero-order valence-electron chi connectivity index (χ0n) is 15.3. The highest BCUT2D eigenvalue weighted by molar-refractivity contribution is 6.10. The molecule has 1 aromatic carbocycles. The van der Waals surface area contributed by atoms with Crippen LogP contribution in [0.1, 0.15) is 38.2 Å². The van der Waals surface area contributed by atoms with Gasteiger partial charge in [0.1, 0.15) is 12.1 Å². The maximum atomic E-state index is 12.9. The minimum atomic E-state index is -0.920. The largest absolute Gasteiger partial charge is 0.325 e. The number of nitrogens with zero attached hydrogens (tertiary/aromatic N) is 2. The summed E-state index contributed by atoms with van der Waals surface area (Å²) in [5.41, 5.74) is -0.150. The Morgan fingerprint density at radius 3 is 2.81 bits per heavy atom. The van der Waals surface area contributed by atoms with Crippen LogP contribution < -0.4 is 10.6 Å². The first kappa shape index (κ1) is 18.8. The maximum absolute atomic E-state index is 12.9. The van der Waals surface area contributed by atoms with Crippen LogP contribution >= 0.6 is 0 Å². The number of aryl methyl sites for hydroxylation is 1. The number of amides is 4. The van der Waals surface area contributed by atoms with Gasteiger partial charge in [0, 0.05) is 12.1 Å². The van der Waals surface area contributed by atoms with Gasteiger partial charge in [-0.05, 0) is 31.2 Å². The Kier molecular flexibility index (Phi) is 4.86. The van der Waals surface area contributed by atoms with Crippen LogP contribution in [-0.2, 0) is 9.59 Å². The van der Waals surface area contributed by atoms with Crippen LogP contribution in [-0.4, -0.2) is 39.8 Å². The summed E-state index contributed by atoms with van der Waals surface area (Å²) in [7, 11) is 0. The number of non-ortho nitro benzene ring substituents is 1. The molecular formula is C18H22N4O5. The first-order valence-corrected chi connectivity index (χ1v) is 8.93. The lowest BCUT2D eigenvalue weighted by Crippen LogP contribution is -2.54. The van der Waals surface area contributed by atoms with E-state index in [9.17, 15) is 24.5 Å². The summed E-state index contributed by atoms with van der Waals surface area (Å²) in [4.78, 5) is 48.9. The third-order valence-corrected chi connectivity index (χ3v) is 5.51. The number of anilines is 1. The van der Waals surface area contributed by atoms with E-state index in [1.807, 2.05) is 6.92 Å². The van der Waals surface area contributed by atoms with Crippen molar-refractivity contribution in [2.45, 2.75) is 45.1 Å². The highest BCUT2D eigenvalue weighted by atomic mass is 16.6. The monoisotopic (exact) mass is 374 g/mol. The highest BCUT2D eigenvalue weighted by Gasteiger charge is 2.55. The first-order chi connectivity index (χ1) is 12.7. The zero-order valence-corrected chi connectivity index (χ0v) is 15.3. The number of urea groups is 1. The molecule has 1 saturated heterocycles. The number of hydrogen-bond acceptors (Lipinski definition) is 5. The van der Waals surface area contributed by atoms with Gasteiger partial charge in [0.05, 0.1) is 10.6 Å². The minimum absolute atomic E-state index is 0.00905. The summed E-state index contributed by atoms with van der Waals surface area (Å²) in [5, 5.41) is 16.3. The lowest BCUT2D eigenvalue weighted by atomic mass is 9.73. The number of hydrogen-bond donors (Lipinski definition) is 2. The van der Waals surface area contributed by atoms with Crippen molar-refractivity contribution in [1.82, 2.24) is 10.2 Å². The predicted molar refractivity (Wildman–Crippen MR) is 97.1 cm³/mol. The Labute approximate surface area is 156 Å². The fraction of sp³-hybridized carbons (Fsp3) is 0.500. The lowest BCUT2D eigenvalue weighted by Gasteiger charge is -2.36. The molecule has 0 unspecified atom stereocenters. The second-order valence-electron chi connectivity index (χ2n) is 7.24. The van der Waals surface area contributed by atoms with Crippen molar-refractivity contribution in [2.75, 3.05) is 11.9 Å². The van der Waals surface area contributed by atoms with E-state index >= 15 is 0 Å². The van der Waals surface area contributed by atoms with Crippen molar-refractivity contribution in [2.24, 2.45) is 5.92 Å². The number of nitro benzene ring substituents is 1. The molecule has 144 valence electrons. The van der Waals surface area contributed by atoms with Crippen LogP contribution in [0.4, 0.5) is 16.2 Å². The van der Waals surface area contributed by atoms with E-state index in [0.29, 0.717) is 12.0 Å². The number of rotatable bonds is 4. The van der Waals surface area contributed by atoms with Crippen LogP contribution in [0.2, 0.25) is 0 Å². The van der Waals surface area contributed by atoms with Gasteiger partial charge in [-0.2, -0.15) is 0 Å². The molecule has 9 nitrogen and oxygen atoms in total. The van der Waals surface area contributed by atoms with Crippen molar-refractivity contribution in [3.8, 4) is 0 Å². The van der Waals surface area contributed by atoms with Gasteiger partial charge < -0.3 is 10.6 Å². The summed E-state index contributed by atoms with van der Waals surface area (Å²) < 4.78 is 0. The quantitative estimate of drug-likeness (QED) is 0.476. The summed E-state index contributed by atoms with van der Waals surface area (Å²) >= 11 is 0. The van der Waals surface area contributed by atoms with E-state index in [0.717, 1.165) is 24.2 Å². The number of nitro groups is 1. The first-order valence-electron chi connectivity index (χ1n) is 8.93. The van der Waals surface area contributed by atoms with Crippen molar-refractivity contribution >= 4 is 29.2 Å². The van der Waals surface area contributed by atoms with Crippen LogP contribution in [0.15, 0.2) is 18.2 Å². The van der Waals surface area contributed by atoms with Gasteiger partial charge in [-0.3, -0.25) is 24.6 Å². The Balaban J connectivity index is 1.73.